The molecule has 4 aliphatic rings. The van der Waals surface area contributed by atoms with Gasteiger partial charge in [-0.25, -0.2) is 4.79 Å². The van der Waals surface area contributed by atoms with Gasteiger partial charge in [0, 0.05) is 165 Å². The lowest BCUT2D eigenvalue weighted by atomic mass is 9.89. The first-order valence-electron chi connectivity index (χ1n) is 24.5. The minimum Gasteiger partial charge on any atom is -0.508 e. The lowest BCUT2D eigenvalue weighted by Crippen LogP contribution is -2.41. The van der Waals surface area contributed by atoms with Crippen molar-refractivity contribution in [1.82, 2.24) is 41.7 Å². The fraction of sp³-hybridized carbons (Fsp3) is 0.481. The van der Waals surface area contributed by atoms with Crippen LogP contribution in [0.4, 0.5) is 0 Å². The molecule has 2 fully saturated rings. The number of hydrogen-bond acceptors (Lipinski definition) is 16. The van der Waals surface area contributed by atoms with Gasteiger partial charge in [-0.05, 0) is 65.6 Å². The van der Waals surface area contributed by atoms with E-state index < -0.39 is 5.97 Å². The molecule has 0 atom stereocenters. The quantitative estimate of drug-likeness (QED) is 0.0360. The van der Waals surface area contributed by atoms with Gasteiger partial charge in [0.05, 0.1) is 25.4 Å². The number of carbonyl (C=O) groups excluding carboxylic acids is 1. The van der Waals surface area contributed by atoms with Gasteiger partial charge >= 0.3 is 5.97 Å². The lowest BCUT2D eigenvalue weighted by Gasteiger charge is -2.26. The highest BCUT2D eigenvalue weighted by molar-refractivity contribution is 6.09. The van der Waals surface area contributed by atoms with E-state index in [4.69, 9.17) is 18.6 Å². The number of nitrogens with one attached hydrogen (secondary N) is 6. The van der Waals surface area contributed by atoms with Gasteiger partial charge in [-0.15, -0.1) is 0 Å². The predicted octanol–water partition coefficient (Wildman–Crippen LogP) is 3.21. The van der Waals surface area contributed by atoms with E-state index in [2.05, 4.69) is 59.9 Å². The molecule has 17 nitrogen and oxygen atoms in total. The van der Waals surface area contributed by atoms with E-state index >= 15 is 0 Å². The molecule has 0 saturated carbocycles. The van der Waals surface area contributed by atoms with Crippen molar-refractivity contribution in [2.24, 2.45) is 0 Å². The van der Waals surface area contributed by atoms with Crippen molar-refractivity contribution in [3.05, 3.63) is 105 Å². The number of rotatable bonds is 18. The number of fused-ring (bicyclic) bond motifs is 2. The largest absolute Gasteiger partial charge is 0.508 e. The van der Waals surface area contributed by atoms with Crippen LogP contribution in [0.25, 0.3) is 33.4 Å². The van der Waals surface area contributed by atoms with E-state index in [1.54, 1.807) is 24.3 Å². The summed E-state index contributed by atoms with van der Waals surface area (Å²) in [5, 5.41) is 42.2. The number of benzene rings is 4. The van der Waals surface area contributed by atoms with Crippen LogP contribution in [0.1, 0.15) is 44.7 Å². The Morgan fingerprint density at radius 3 is 1.74 bits per heavy atom. The first kappa shape index (κ1) is 51.5. The Bertz CT molecular complexity index is 2360. The molecule has 69 heavy (non-hydrogen) atoms. The van der Waals surface area contributed by atoms with Crippen LogP contribution in [0, 0.1) is 0 Å². The first-order chi connectivity index (χ1) is 33.8. The Balaban J connectivity index is 0.886. The van der Waals surface area contributed by atoms with Gasteiger partial charge in [-0.2, -0.15) is 0 Å². The van der Waals surface area contributed by atoms with Crippen molar-refractivity contribution < 1.29 is 38.4 Å². The maximum atomic E-state index is 13.3. The Morgan fingerprint density at radius 1 is 0.594 bits per heavy atom. The molecule has 3 aromatic rings. The molecule has 3 aliphatic heterocycles. The molecule has 8 N–H and O–H groups in total. The van der Waals surface area contributed by atoms with Gasteiger partial charge in [-0.1, -0.05) is 18.2 Å². The SMILES string of the molecule is O=C(CCCOCCOCCOc1cc(CN2CCNCCNCCNCC2)cc(CN2CCNCCNCCNCC2)c1)c1ccc(-c2c3ccc(=O)cc-3oc3cc(O)ccc23)c(C(=O)O)c1. The second-order valence-electron chi connectivity index (χ2n) is 17.5. The number of carboxylic acids is 1. The summed E-state index contributed by atoms with van der Waals surface area (Å²) in [4.78, 5) is 43.1. The number of ether oxygens (including phenoxy) is 3. The maximum Gasteiger partial charge on any atom is 0.336 e. The predicted molar refractivity (Wildman–Crippen MR) is 268 cm³/mol. The molecule has 0 unspecified atom stereocenters. The molecular formula is C52H70N8O9. The molecule has 0 aromatic heterocycles. The summed E-state index contributed by atoms with van der Waals surface area (Å²) in [6.07, 6.45) is 0.618. The third-order valence-electron chi connectivity index (χ3n) is 12.3. The second kappa shape index (κ2) is 27.8. The average Bonchev–Trinajstić information content (AvgIpc) is 3.32. The summed E-state index contributed by atoms with van der Waals surface area (Å²) < 4.78 is 23.9. The van der Waals surface area contributed by atoms with Crippen molar-refractivity contribution in [3.8, 4) is 33.9 Å². The number of hydrogen-bond donors (Lipinski definition) is 8. The van der Waals surface area contributed by atoms with Crippen LogP contribution in [-0.4, -0.2) is 170 Å². The van der Waals surface area contributed by atoms with Crippen LogP contribution in [0.2, 0.25) is 0 Å². The van der Waals surface area contributed by atoms with Crippen LogP contribution < -0.4 is 42.1 Å². The summed E-state index contributed by atoms with van der Waals surface area (Å²) in [5.74, 6) is -0.366. The van der Waals surface area contributed by atoms with Crippen molar-refractivity contribution in [2.45, 2.75) is 25.9 Å². The number of Topliss-reactive ketones (excluding diaryl/α,β-unsaturated/α-hetero) is 1. The van der Waals surface area contributed by atoms with E-state index in [1.807, 2.05) is 0 Å². The molecule has 17 heteroatoms. The third-order valence-corrected chi connectivity index (χ3v) is 12.3. The molecule has 3 heterocycles. The van der Waals surface area contributed by atoms with E-state index in [0.717, 1.165) is 124 Å². The number of aromatic carboxylic acids is 1. The van der Waals surface area contributed by atoms with E-state index in [0.29, 0.717) is 61.5 Å². The van der Waals surface area contributed by atoms with Gasteiger partial charge in [0.2, 0.25) is 0 Å². The minimum atomic E-state index is -1.21. The summed E-state index contributed by atoms with van der Waals surface area (Å²) >= 11 is 0. The standard InChI is InChI=1S/C52H70N8O9/c61-41-4-7-45-49(34-41)69-50-35-42(62)5-8-46(50)51(45)44-6-3-40(33-47(44)52(64)65)48(63)2-1-25-66-26-27-67-28-29-68-43-31-38(36-59-21-17-55-13-9-53-10-14-56-18-22-59)30-39(32-43)37-60-23-19-57-15-11-54-12-16-58-20-24-60/h3-8,30-35,53-58,61H,1-2,9-29,36-37H2,(H,64,65). The number of ketones is 1. The van der Waals surface area contributed by atoms with Crippen LogP contribution in [0.5, 0.6) is 11.5 Å². The molecule has 0 spiro atoms. The summed E-state index contributed by atoms with van der Waals surface area (Å²) in [5.41, 5.74) is 4.08. The summed E-state index contributed by atoms with van der Waals surface area (Å²) in [7, 11) is 0. The Hall–Kier alpha value is -5.31. The molecule has 0 amide bonds. The molecule has 0 bridgehead atoms. The van der Waals surface area contributed by atoms with Crippen molar-refractivity contribution in [1.29, 1.82) is 0 Å². The minimum absolute atomic E-state index is 0.0396. The average molecular weight is 951 g/mol. The van der Waals surface area contributed by atoms with Crippen molar-refractivity contribution >= 4 is 22.7 Å². The van der Waals surface area contributed by atoms with E-state index in [1.165, 1.54) is 41.5 Å². The number of nitrogens with zero attached hydrogens (tertiary/aromatic N) is 2. The van der Waals surface area contributed by atoms with Crippen LogP contribution >= 0.6 is 0 Å². The van der Waals surface area contributed by atoms with E-state index in [-0.39, 0.29) is 45.9 Å². The molecule has 2 saturated heterocycles. The monoisotopic (exact) mass is 951 g/mol. The summed E-state index contributed by atoms with van der Waals surface area (Å²) in [6, 6.07) is 20.1. The number of carboxylic acid groups (broad SMARTS) is 1. The Labute approximate surface area is 404 Å². The number of phenolic OH excluding ortho intramolecular Hbond substituents is 1. The van der Waals surface area contributed by atoms with E-state index in [9.17, 15) is 24.6 Å². The molecular weight excluding hydrogens is 881 g/mol. The van der Waals surface area contributed by atoms with Gasteiger partial charge in [0.15, 0.2) is 11.2 Å². The molecule has 3 aromatic carbocycles. The highest BCUT2D eigenvalue weighted by atomic mass is 16.5. The Morgan fingerprint density at radius 2 is 1.14 bits per heavy atom. The van der Waals surface area contributed by atoms with Gasteiger partial charge in [-0.3, -0.25) is 19.4 Å². The molecule has 7 rings (SSSR count). The fourth-order valence-electron chi connectivity index (χ4n) is 8.74. The smallest absolute Gasteiger partial charge is 0.336 e. The number of aromatic hydroxyl groups is 1. The van der Waals surface area contributed by atoms with Crippen molar-refractivity contribution in [2.75, 3.05) is 138 Å². The normalized spacial score (nSPS) is 16.8. The topological polar surface area (TPSA) is 211 Å². The number of carbonyl (C=O) groups is 2. The maximum absolute atomic E-state index is 13.3. The molecule has 1 aliphatic carbocycles. The lowest BCUT2D eigenvalue weighted by molar-refractivity contribution is 0.0352. The third kappa shape index (κ3) is 16.4. The first-order valence-corrected chi connectivity index (χ1v) is 24.5. The number of phenols is 1. The molecule has 372 valence electrons. The summed E-state index contributed by atoms with van der Waals surface area (Å²) in [6.45, 7) is 18.7. The molecule has 0 radical (unpaired) electrons. The van der Waals surface area contributed by atoms with Crippen molar-refractivity contribution in [3.63, 3.8) is 0 Å². The van der Waals surface area contributed by atoms with Gasteiger partial charge in [0.1, 0.15) is 29.4 Å². The highest BCUT2D eigenvalue weighted by Crippen LogP contribution is 2.42. The zero-order chi connectivity index (χ0) is 48.0. The zero-order valence-corrected chi connectivity index (χ0v) is 39.8. The zero-order valence-electron chi connectivity index (χ0n) is 39.8. The second-order valence-corrected chi connectivity index (χ2v) is 17.5. The van der Waals surface area contributed by atoms with Crippen LogP contribution in [0.3, 0.4) is 0 Å². The van der Waals surface area contributed by atoms with Crippen LogP contribution in [0.15, 0.2) is 82.0 Å². The highest BCUT2D eigenvalue weighted by Gasteiger charge is 2.23. The Kier molecular flexibility index (Phi) is 20.7. The van der Waals surface area contributed by atoms with Crippen LogP contribution in [-0.2, 0) is 22.6 Å². The van der Waals surface area contributed by atoms with Gasteiger partial charge < -0.3 is 60.7 Å². The fourth-order valence-corrected chi connectivity index (χ4v) is 8.74. The van der Waals surface area contributed by atoms with Gasteiger partial charge in [0.25, 0.3) is 0 Å².